The number of aromatic carboxylic acids is 1. The van der Waals surface area contributed by atoms with Gasteiger partial charge in [-0.3, -0.25) is 4.79 Å². The Kier molecular flexibility index (Phi) is 5.28. The highest BCUT2D eigenvalue weighted by molar-refractivity contribution is 7.89. The second-order valence-electron chi connectivity index (χ2n) is 4.21. The number of carbonyl (C=O) groups excluding carboxylic acids is 1. The first-order valence-corrected chi connectivity index (χ1v) is 7.43. The van der Waals surface area contributed by atoms with Crippen molar-refractivity contribution in [3.8, 4) is 0 Å². The lowest BCUT2D eigenvalue weighted by Crippen LogP contribution is -2.38. The first-order chi connectivity index (χ1) is 9.28. The Labute approximate surface area is 116 Å². The van der Waals surface area contributed by atoms with Gasteiger partial charge in [-0.2, -0.15) is 4.31 Å². The van der Waals surface area contributed by atoms with Gasteiger partial charge in [0, 0.05) is 12.7 Å². The predicted octanol–water partition coefficient (Wildman–Crippen LogP) is -0.0110. The molecule has 0 spiro atoms. The van der Waals surface area contributed by atoms with Gasteiger partial charge >= 0.3 is 5.97 Å². The fourth-order valence-corrected chi connectivity index (χ4v) is 3.03. The summed E-state index contributed by atoms with van der Waals surface area (Å²) in [5, 5.41) is 8.78. The number of primary amides is 1. The van der Waals surface area contributed by atoms with Crippen molar-refractivity contribution in [2.75, 3.05) is 13.1 Å². The Bertz CT molecular complexity index is 593. The molecule has 20 heavy (non-hydrogen) atoms. The molecule has 4 N–H and O–H groups in total. The summed E-state index contributed by atoms with van der Waals surface area (Å²) in [6.07, 6.45) is 2.40. The average Bonchev–Trinajstić information content (AvgIpc) is 2.84. The number of unbranched alkanes of at least 4 members (excludes halogenated alkanes) is 1. The molecule has 0 aliphatic carbocycles. The standard InChI is InChI=1S/C11H17N3O5S/c1-2-3-4-14(7-10(12)15)20(18,19)8-5-9(11(16)17)13-6-8/h5-6,13H,2-4,7H2,1H3,(H2,12,15)(H,16,17). The Morgan fingerprint density at radius 3 is 2.55 bits per heavy atom. The molecule has 0 aliphatic rings. The summed E-state index contributed by atoms with van der Waals surface area (Å²) >= 11 is 0. The summed E-state index contributed by atoms with van der Waals surface area (Å²) in [4.78, 5) is 23.9. The van der Waals surface area contributed by atoms with E-state index in [4.69, 9.17) is 10.8 Å². The zero-order valence-corrected chi connectivity index (χ0v) is 11.8. The lowest BCUT2D eigenvalue weighted by Gasteiger charge is -2.19. The lowest BCUT2D eigenvalue weighted by molar-refractivity contribution is -0.118. The smallest absolute Gasteiger partial charge is 0.352 e. The molecule has 0 unspecified atom stereocenters. The van der Waals surface area contributed by atoms with Crippen molar-refractivity contribution in [1.82, 2.24) is 9.29 Å². The van der Waals surface area contributed by atoms with Gasteiger partial charge in [0.25, 0.3) is 0 Å². The van der Waals surface area contributed by atoms with Crippen molar-refractivity contribution in [2.45, 2.75) is 24.7 Å². The van der Waals surface area contributed by atoms with Gasteiger partial charge in [0.2, 0.25) is 15.9 Å². The van der Waals surface area contributed by atoms with E-state index in [2.05, 4.69) is 4.98 Å². The minimum atomic E-state index is -3.94. The van der Waals surface area contributed by atoms with Crippen LogP contribution < -0.4 is 5.73 Å². The average molecular weight is 303 g/mol. The molecule has 1 rings (SSSR count). The fourth-order valence-electron chi connectivity index (χ4n) is 1.59. The zero-order valence-electron chi connectivity index (χ0n) is 11.0. The summed E-state index contributed by atoms with van der Waals surface area (Å²) in [7, 11) is -3.94. The van der Waals surface area contributed by atoms with Crippen LogP contribution in [-0.4, -0.2) is 47.8 Å². The second kappa shape index (κ2) is 6.53. The first kappa shape index (κ1) is 16.2. The molecule has 8 nitrogen and oxygen atoms in total. The largest absolute Gasteiger partial charge is 0.477 e. The number of carboxylic acid groups (broad SMARTS) is 1. The van der Waals surface area contributed by atoms with Crippen molar-refractivity contribution in [3.63, 3.8) is 0 Å². The number of carbonyl (C=O) groups is 2. The van der Waals surface area contributed by atoms with E-state index in [-0.39, 0.29) is 17.1 Å². The Hall–Kier alpha value is -1.87. The highest BCUT2D eigenvalue weighted by Gasteiger charge is 2.27. The van der Waals surface area contributed by atoms with Crippen LogP contribution in [0.4, 0.5) is 0 Å². The number of nitrogens with one attached hydrogen (secondary N) is 1. The quantitative estimate of drug-likeness (QED) is 0.621. The van der Waals surface area contributed by atoms with E-state index in [1.807, 2.05) is 6.92 Å². The molecule has 0 aliphatic heterocycles. The van der Waals surface area contributed by atoms with E-state index in [0.717, 1.165) is 23.0 Å². The van der Waals surface area contributed by atoms with E-state index in [1.165, 1.54) is 0 Å². The predicted molar refractivity (Wildman–Crippen MR) is 70.6 cm³/mol. The third kappa shape index (κ3) is 3.81. The van der Waals surface area contributed by atoms with Crippen LogP contribution in [0.15, 0.2) is 17.2 Å². The number of H-pyrrole nitrogens is 1. The van der Waals surface area contributed by atoms with Crippen LogP contribution in [0.3, 0.4) is 0 Å². The summed E-state index contributed by atoms with van der Waals surface area (Å²) in [6.45, 7) is 1.60. The maximum Gasteiger partial charge on any atom is 0.352 e. The molecule has 0 radical (unpaired) electrons. The van der Waals surface area contributed by atoms with Crippen LogP contribution in [0.5, 0.6) is 0 Å². The third-order valence-corrected chi connectivity index (χ3v) is 4.44. The lowest BCUT2D eigenvalue weighted by atomic mass is 10.3. The molecular formula is C11H17N3O5S. The molecule has 112 valence electrons. The van der Waals surface area contributed by atoms with Crippen molar-refractivity contribution >= 4 is 21.9 Å². The zero-order chi connectivity index (χ0) is 15.3. The van der Waals surface area contributed by atoms with Crippen molar-refractivity contribution in [3.05, 3.63) is 18.0 Å². The van der Waals surface area contributed by atoms with Crippen LogP contribution in [0.1, 0.15) is 30.3 Å². The number of aromatic nitrogens is 1. The molecule has 0 atom stereocenters. The van der Waals surface area contributed by atoms with Gasteiger partial charge in [-0.15, -0.1) is 0 Å². The van der Waals surface area contributed by atoms with E-state index < -0.39 is 28.4 Å². The molecule has 1 heterocycles. The number of carboxylic acids is 1. The molecule has 0 bridgehead atoms. The molecule has 1 amide bonds. The SMILES string of the molecule is CCCCN(CC(N)=O)S(=O)(=O)c1c[nH]c(C(=O)O)c1. The molecule has 0 aromatic carbocycles. The number of amides is 1. The third-order valence-electron chi connectivity index (χ3n) is 2.62. The molecular weight excluding hydrogens is 286 g/mol. The Morgan fingerprint density at radius 1 is 1.45 bits per heavy atom. The van der Waals surface area contributed by atoms with Gasteiger partial charge in [0.1, 0.15) is 10.6 Å². The van der Waals surface area contributed by atoms with E-state index in [1.54, 1.807) is 0 Å². The monoisotopic (exact) mass is 303 g/mol. The minimum absolute atomic E-state index is 0.148. The van der Waals surface area contributed by atoms with Crippen LogP contribution in [0.2, 0.25) is 0 Å². The first-order valence-electron chi connectivity index (χ1n) is 5.99. The van der Waals surface area contributed by atoms with E-state index in [0.29, 0.717) is 6.42 Å². The van der Waals surface area contributed by atoms with Crippen LogP contribution in [-0.2, 0) is 14.8 Å². The number of hydrogen-bond donors (Lipinski definition) is 3. The maximum atomic E-state index is 12.3. The van der Waals surface area contributed by atoms with E-state index in [9.17, 15) is 18.0 Å². The number of rotatable bonds is 8. The van der Waals surface area contributed by atoms with Gasteiger partial charge < -0.3 is 15.8 Å². The molecule has 0 saturated heterocycles. The van der Waals surface area contributed by atoms with Crippen molar-refractivity contribution < 1.29 is 23.1 Å². The molecule has 1 aromatic heterocycles. The minimum Gasteiger partial charge on any atom is -0.477 e. The highest BCUT2D eigenvalue weighted by Crippen LogP contribution is 2.17. The van der Waals surface area contributed by atoms with Gasteiger partial charge in [-0.05, 0) is 12.5 Å². The van der Waals surface area contributed by atoms with Gasteiger partial charge in [0.15, 0.2) is 0 Å². The summed E-state index contributed by atoms with van der Waals surface area (Å²) in [6, 6.07) is 1.01. The molecule has 0 fully saturated rings. The van der Waals surface area contributed by atoms with Crippen molar-refractivity contribution in [1.29, 1.82) is 0 Å². The molecule has 1 aromatic rings. The summed E-state index contributed by atoms with van der Waals surface area (Å²) < 4.78 is 25.6. The van der Waals surface area contributed by atoms with Gasteiger partial charge in [-0.1, -0.05) is 13.3 Å². The summed E-state index contributed by atoms with van der Waals surface area (Å²) in [5.41, 5.74) is 4.81. The Balaban J connectivity index is 3.07. The second-order valence-corrected chi connectivity index (χ2v) is 6.15. The number of nitrogens with zero attached hydrogens (tertiary/aromatic N) is 1. The van der Waals surface area contributed by atoms with Crippen LogP contribution in [0.25, 0.3) is 0 Å². The molecule has 9 heteroatoms. The number of aromatic amines is 1. The topological polar surface area (TPSA) is 134 Å². The summed E-state index contributed by atoms with van der Waals surface area (Å²) in [5.74, 6) is -2.03. The van der Waals surface area contributed by atoms with Crippen molar-refractivity contribution in [2.24, 2.45) is 5.73 Å². The van der Waals surface area contributed by atoms with Gasteiger partial charge in [0.05, 0.1) is 6.54 Å². The normalized spacial score (nSPS) is 11.7. The molecule has 0 saturated carbocycles. The van der Waals surface area contributed by atoms with Gasteiger partial charge in [-0.25, -0.2) is 13.2 Å². The van der Waals surface area contributed by atoms with Crippen LogP contribution >= 0.6 is 0 Å². The highest BCUT2D eigenvalue weighted by atomic mass is 32.2. The van der Waals surface area contributed by atoms with Crippen LogP contribution in [0, 0.1) is 0 Å². The number of hydrogen-bond acceptors (Lipinski definition) is 4. The van der Waals surface area contributed by atoms with E-state index >= 15 is 0 Å². The number of nitrogens with two attached hydrogens (primary N) is 1. The number of sulfonamides is 1. The fraction of sp³-hybridized carbons (Fsp3) is 0.455. The maximum absolute atomic E-state index is 12.3. The Morgan fingerprint density at radius 2 is 2.10 bits per heavy atom.